The first-order valence-corrected chi connectivity index (χ1v) is 10.8. The van der Waals surface area contributed by atoms with E-state index in [9.17, 15) is 23.1 Å². The molecule has 11 heteroatoms. The highest BCUT2D eigenvalue weighted by molar-refractivity contribution is 7.89. The van der Waals surface area contributed by atoms with Gasteiger partial charge in [-0.05, 0) is 25.0 Å². The lowest BCUT2D eigenvalue weighted by molar-refractivity contribution is -0.141. The number of hydrogen-bond donors (Lipinski definition) is 5. The smallest absolute Gasteiger partial charge is 0.322 e. The second-order valence-electron chi connectivity index (χ2n) is 6.45. The van der Waals surface area contributed by atoms with Gasteiger partial charge in [0.2, 0.25) is 15.9 Å². The normalized spacial score (nSPS) is 12.1. The molecule has 0 spiro atoms. The number of carbonyl (C=O) groups excluding carboxylic acids is 1. The summed E-state index contributed by atoms with van der Waals surface area (Å²) in [6, 6.07) is 5.84. The largest absolute Gasteiger partial charge is 0.480 e. The van der Waals surface area contributed by atoms with E-state index in [1.54, 1.807) is 6.07 Å². The van der Waals surface area contributed by atoms with Crippen LogP contribution in [-0.2, 0) is 19.6 Å². The van der Waals surface area contributed by atoms with Crippen LogP contribution in [0.1, 0.15) is 38.5 Å². The molecule has 0 unspecified atom stereocenters. The summed E-state index contributed by atoms with van der Waals surface area (Å²) >= 11 is 0. The number of hydrogen-bond acceptors (Lipinski definition) is 5. The zero-order valence-corrected chi connectivity index (χ0v) is 17.0. The predicted molar refractivity (Wildman–Crippen MR) is 110 cm³/mol. The number of carboxylic acids is 1. The number of rotatable bonds is 14. The number of carboxylic acid groups (broad SMARTS) is 1. The van der Waals surface area contributed by atoms with Crippen molar-refractivity contribution < 1.29 is 23.1 Å². The van der Waals surface area contributed by atoms with Crippen LogP contribution in [0.2, 0.25) is 0 Å². The van der Waals surface area contributed by atoms with Crippen molar-refractivity contribution in [1.82, 2.24) is 10.0 Å². The third kappa shape index (κ3) is 10.5. The Morgan fingerprint density at radius 1 is 1.03 bits per heavy atom. The van der Waals surface area contributed by atoms with Crippen LogP contribution in [0, 0.1) is 0 Å². The second-order valence-corrected chi connectivity index (χ2v) is 8.17. The Bertz CT molecular complexity index is 779. The molecule has 1 amide bonds. The van der Waals surface area contributed by atoms with Crippen LogP contribution in [0.15, 0.2) is 40.2 Å². The minimum absolute atomic E-state index is 0.0634. The van der Waals surface area contributed by atoms with E-state index in [1.807, 2.05) is 0 Å². The molecule has 1 aromatic rings. The molecule has 0 radical (unpaired) electrons. The molecule has 29 heavy (non-hydrogen) atoms. The van der Waals surface area contributed by atoms with Crippen LogP contribution in [0.4, 0.5) is 0 Å². The van der Waals surface area contributed by atoms with Gasteiger partial charge in [-0.15, -0.1) is 0 Å². The van der Waals surface area contributed by atoms with Crippen LogP contribution in [0.5, 0.6) is 0 Å². The number of nitrogens with zero attached hydrogens (tertiary/aromatic N) is 1. The summed E-state index contributed by atoms with van der Waals surface area (Å²) in [6.07, 6.45) is 3.95. The number of sulfonamides is 1. The highest BCUT2D eigenvalue weighted by Crippen LogP contribution is 2.09. The fraction of sp³-hybridized carbons (Fsp3) is 0.500. The molecule has 1 aromatic carbocycles. The molecule has 0 fully saturated rings. The predicted octanol–water partition coefficient (Wildman–Crippen LogP) is 0.148. The third-order valence-corrected chi connectivity index (χ3v) is 5.48. The Morgan fingerprint density at radius 2 is 1.66 bits per heavy atom. The topological polar surface area (TPSA) is 177 Å². The van der Waals surface area contributed by atoms with Crippen molar-refractivity contribution in [3.8, 4) is 0 Å². The summed E-state index contributed by atoms with van der Waals surface area (Å²) in [7, 11) is -4.03. The maximum absolute atomic E-state index is 12.2. The molecular formula is C18H29N5O5S. The summed E-state index contributed by atoms with van der Waals surface area (Å²) in [5, 5.41) is 11.9. The molecule has 162 valence electrons. The number of nitrogens with one attached hydrogen (secondary N) is 2. The zero-order valence-electron chi connectivity index (χ0n) is 16.2. The molecule has 0 bridgehead atoms. The Kier molecular flexibility index (Phi) is 10.7. The lowest BCUT2D eigenvalue weighted by atomic mass is 10.1. The number of nitrogens with two attached hydrogens (primary N) is 2. The van der Waals surface area contributed by atoms with Gasteiger partial charge in [0.1, 0.15) is 6.04 Å². The Balaban J connectivity index is 2.33. The van der Waals surface area contributed by atoms with Crippen molar-refractivity contribution in [3.05, 3.63) is 30.3 Å². The minimum atomic E-state index is -4.03. The van der Waals surface area contributed by atoms with E-state index in [4.69, 9.17) is 11.5 Å². The molecule has 10 nitrogen and oxygen atoms in total. The molecule has 0 saturated carbocycles. The Labute approximate surface area is 170 Å². The molecule has 7 N–H and O–H groups in total. The summed E-state index contributed by atoms with van der Waals surface area (Å²) < 4.78 is 26.6. The van der Waals surface area contributed by atoms with Crippen molar-refractivity contribution >= 4 is 27.9 Å². The average molecular weight is 428 g/mol. The van der Waals surface area contributed by atoms with E-state index in [1.165, 1.54) is 24.3 Å². The maximum atomic E-state index is 12.2. The number of aliphatic imine (C=N–C) groups is 1. The van der Waals surface area contributed by atoms with E-state index in [-0.39, 0.29) is 10.9 Å². The fourth-order valence-electron chi connectivity index (χ4n) is 2.50. The van der Waals surface area contributed by atoms with Gasteiger partial charge in [-0.3, -0.25) is 14.6 Å². The van der Waals surface area contributed by atoms with Crippen molar-refractivity contribution in [2.24, 2.45) is 16.5 Å². The first-order chi connectivity index (χ1) is 13.7. The van der Waals surface area contributed by atoms with Gasteiger partial charge in [-0.25, -0.2) is 8.42 Å². The van der Waals surface area contributed by atoms with Crippen LogP contribution in [0.25, 0.3) is 0 Å². The van der Waals surface area contributed by atoms with Gasteiger partial charge in [-0.2, -0.15) is 4.72 Å². The number of amides is 1. The van der Waals surface area contributed by atoms with E-state index < -0.39 is 34.4 Å². The molecule has 0 saturated heterocycles. The molecule has 0 aromatic heterocycles. The van der Waals surface area contributed by atoms with Gasteiger partial charge in [-0.1, -0.05) is 37.5 Å². The van der Waals surface area contributed by atoms with E-state index in [0.717, 1.165) is 32.1 Å². The summed E-state index contributed by atoms with van der Waals surface area (Å²) in [4.78, 5) is 27.1. The zero-order chi connectivity index (χ0) is 21.7. The monoisotopic (exact) mass is 427 g/mol. The maximum Gasteiger partial charge on any atom is 0.322 e. The van der Waals surface area contributed by atoms with Gasteiger partial charge in [0.05, 0.1) is 11.3 Å². The molecular weight excluding hydrogens is 398 g/mol. The van der Waals surface area contributed by atoms with Crippen molar-refractivity contribution in [2.75, 3.05) is 13.1 Å². The van der Waals surface area contributed by atoms with E-state index in [2.05, 4.69) is 15.0 Å². The van der Waals surface area contributed by atoms with Gasteiger partial charge in [0.15, 0.2) is 5.96 Å². The third-order valence-electron chi connectivity index (χ3n) is 3.99. The molecule has 1 rings (SSSR count). The number of benzene rings is 1. The number of carbonyl (C=O) groups is 2. The highest BCUT2D eigenvalue weighted by atomic mass is 32.2. The minimum Gasteiger partial charge on any atom is -0.480 e. The lowest BCUT2D eigenvalue weighted by Gasteiger charge is -2.15. The average Bonchev–Trinajstić information content (AvgIpc) is 2.66. The first kappa shape index (κ1) is 24.4. The van der Waals surface area contributed by atoms with Gasteiger partial charge < -0.3 is 21.9 Å². The summed E-state index contributed by atoms with van der Waals surface area (Å²) in [5.74, 6) is -1.86. The Hall–Kier alpha value is -2.66. The summed E-state index contributed by atoms with van der Waals surface area (Å²) in [5.41, 5.74) is 10.5. The number of guanidine groups is 1. The van der Waals surface area contributed by atoms with E-state index in [0.29, 0.717) is 13.1 Å². The standard InChI is InChI=1S/C18H29N5O5S/c19-18(20)22-12-8-3-1-2-7-11-21-16(24)13-15(17(25)26)23-29(27,28)14-9-5-4-6-10-14/h4-6,9-10,15,23H,1-3,7-8,11-13H2,(H,21,24)(H,25,26)(H4,19,20,22)/t15-/m0/s1. The van der Waals surface area contributed by atoms with Gasteiger partial charge >= 0.3 is 5.97 Å². The molecule has 0 aliphatic heterocycles. The molecule has 0 aliphatic carbocycles. The molecule has 0 aliphatic rings. The fourth-order valence-corrected chi connectivity index (χ4v) is 3.71. The Morgan fingerprint density at radius 3 is 2.28 bits per heavy atom. The highest BCUT2D eigenvalue weighted by Gasteiger charge is 2.27. The first-order valence-electron chi connectivity index (χ1n) is 9.34. The number of unbranched alkanes of at least 4 members (excludes halogenated alkanes) is 4. The van der Waals surface area contributed by atoms with Crippen molar-refractivity contribution in [1.29, 1.82) is 0 Å². The molecule has 1 atom stereocenters. The van der Waals surface area contributed by atoms with Crippen LogP contribution in [0.3, 0.4) is 0 Å². The van der Waals surface area contributed by atoms with Gasteiger partial charge in [0, 0.05) is 13.1 Å². The second kappa shape index (κ2) is 12.7. The van der Waals surface area contributed by atoms with Crippen molar-refractivity contribution in [3.63, 3.8) is 0 Å². The van der Waals surface area contributed by atoms with Crippen LogP contribution < -0.4 is 21.5 Å². The van der Waals surface area contributed by atoms with Crippen LogP contribution >= 0.6 is 0 Å². The SMILES string of the molecule is NC(N)=NCCCCCCCNC(=O)C[C@H](NS(=O)(=O)c1ccccc1)C(=O)O. The summed E-state index contributed by atoms with van der Waals surface area (Å²) in [6.45, 7) is 0.985. The lowest BCUT2D eigenvalue weighted by Crippen LogP contribution is -2.44. The van der Waals surface area contributed by atoms with E-state index >= 15 is 0 Å². The number of aliphatic carboxylic acids is 1. The quantitative estimate of drug-likeness (QED) is 0.159. The van der Waals surface area contributed by atoms with Crippen LogP contribution in [-0.4, -0.2) is 50.5 Å². The van der Waals surface area contributed by atoms with Crippen molar-refractivity contribution in [2.45, 2.75) is 49.5 Å². The molecule has 0 heterocycles. The van der Waals surface area contributed by atoms with Gasteiger partial charge in [0.25, 0.3) is 0 Å².